The van der Waals surface area contributed by atoms with E-state index in [1.54, 1.807) is 18.2 Å². The normalized spacial score (nSPS) is 12.5. The first-order valence-electron chi connectivity index (χ1n) is 9.63. The number of aromatic nitrogens is 2. The molecule has 1 aliphatic heterocycles. The lowest BCUT2D eigenvalue weighted by atomic mass is 10.1. The van der Waals surface area contributed by atoms with Gasteiger partial charge < -0.3 is 23.9 Å². The predicted octanol–water partition coefficient (Wildman–Crippen LogP) is 3.83. The highest BCUT2D eigenvalue weighted by molar-refractivity contribution is 5.94. The van der Waals surface area contributed by atoms with Crippen LogP contribution in [0.2, 0.25) is 0 Å². The zero-order chi connectivity index (χ0) is 20.3. The molecule has 0 bridgehead atoms. The number of carbonyl (C=O) groups excluding carboxylic acids is 1. The fraction of sp³-hybridized carbons (Fsp3) is 0.130. The Bertz CT molecular complexity index is 1160. The highest BCUT2D eigenvalue weighted by Gasteiger charge is 2.15. The molecule has 2 aromatic carbocycles. The third-order valence-electron chi connectivity index (χ3n) is 4.85. The molecule has 0 aliphatic carbocycles. The van der Waals surface area contributed by atoms with E-state index in [0.717, 1.165) is 17.0 Å². The highest BCUT2D eigenvalue weighted by atomic mass is 16.6. The van der Waals surface area contributed by atoms with Crippen molar-refractivity contribution in [1.29, 1.82) is 0 Å². The van der Waals surface area contributed by atoms with E-state index < -0.39 is 0 Å². The summed E-state index contributed by atoms with van der Waals surface area (Å²) in [7, 11) is 0. The first-order valence-corrected chi connectivity index (χ1v) is 9.63. The Kier molecular flexibility index (Phi) is 4.69. The number of hydrogen-bond acceptors (Lipinski definition) is 5. The minimum atomic E-state index is -0.169. The zero-order valence-electron chi connectivity index (χ0n) is 16.1. The Morgan fingerprint density at radius 3 is 2.53 bits per heavy atom. The minimum absolute atomic E-state index is 0.169. The van der Waals surface area contributed by atoms with Crippen molar-refractivity contribution in [3.05, 3.63) is 84.3 Å². The van der Waals surface area contributed by atoms with Crippen LogP contribution >= 0.6 is 0 Å². The molecule has 0 saturated carbocycles. The van der Waals surface area contributed by atoms with Crippen molar-refractivity contribution in [1.82, 2.24) is 15.0 Å². The van der Waals surface area contributed by atoms with Gasteiger partial charge in [0.15, 0.2) is 17.3 Å². The predicted molar refractivity (Wildman–Crippen MR) is 110 cm³/mol. The van der Waals surface area contributed by atoms with Gasteiger partial charge in [0.05, 0.1) is 6.54 Å². The number of fused-ring (bicyclic) bond motifs is 1. The lowest BCUT2D eigenvalue weighted by molar-refractivity contribution is 0.0950. The molecule has 0 fully saturated rings. The molecule has 5 rings (SSSR count). The fourth-order valence-corrected chi connectivity index (χ4v) is 3.29. The Hall–Kier alpha value is -4.00. The van der Waals surface area contributed by atoms with Gasteiger partial charge in [0.25, 0.3) is 5.91 Å². The molecule has 3 heterocycles. The quantitative estimate of drug-likeness (QED) is 0.550. The summed E-state index contributed by atoms with van der Waals surface area (Å²) in [4.78, 5) is 12.4. The monoisotopic (exact) mass is 401 g/mol. The van der Waals surface area contributed by atoms with E-state index >= 15 is 0 Å². The SMILES string of the molecule is O=C(NCc1cc(-c2ccc3c(c2)OCCO3)on1)c1ccc(-n2cccc2)cc1. The van der Waals surface area contributed by atoms with Crippen LogP contribution in [0.15, 0.2) is 77.6 Å². The van der Waals surface area contributed by atoms with Crippen LogP contribution < -0.4 is 14.8 Å². The summed E-state index contributed by atoms with van der Waals surface area (Å²) in [6, 6.07) is 18.7. The maximum absolute atomic E-state index is 12.4. The molecule has 30 heavy (non-hydrogen) atoms. The Balaban J connectivity index is 1.23. The summed E-state index contributed by atoms with van der Waals surface area (Å²) < 4.78 is 18.6. The van der Waals surface area contributed by atoms with Gasteiger partial charge in [-0.25, -0.2) is 0 Å². The second kappa shape index (κ2) is 7.79. The molecule has 0 saturated heterocycles. The van der Waals surface area contributed by atoms with E-state index in [0.29, 0.717) is 36.0 Å². The molecule has 0 atom stereocenters. The number of carbonyl (C=O) groups is 1. The van der Waals surface area contributed by atoms with Gasteiger partial charge >= 0.3 is 0 Å². The van der Waals surface area contributed by atoms with Gasteiger partial charge in [-0.05, 0) is 54.6 Å². The smallest absolute Gasteiger partial charge is 0.251 e. The van der Waals surface area contributed by atoms with Gasteiger partial charge in [-0.2, -0.15) is 0 Å². The molecule has 150 valence electrons. The van der Waals surface area contributed by atoms with Crippen LogP contribution in [0.3, 0.4) is 0 Å². The van der Waals surface area contributed by atoms with Gasteiger partial charge in [-0.3, -0.25) is 4.79 Å². The first-order chi connectivity index (χ1) is 14.8. The standard InChI is InChI=1S/C23H19N3O4/c27-23(16-3-6-19(7-4-16)26-9-1-2-10-26)24-15-18-14-21(30-25-18)17-5-8-20-22(13-17)29-12-11-28-20/h1-10,13-14H,11-12,15H2,(H,24,27). The highest BCUT2D eigenvalue weighted by Crippen LogP contribution is 2.34. The van der Waals surface area contributed by atoms with Gasteiger partial charge in [-0.15, -0.1) is 0 Å². The lowest BCUT2D eigenvalue weighted by Gasteiger charge is -2.18. The molecule has 1 aliphatic rings. The Labute approximate surface area is 172 Å². The summed E-state index contributed by atoms with van der Waals surface area (Å²) in [6.45, 7) is 1.34. The van der Waals surface area contributed by atoms with Crippen molar-refractivity contribution in [3.63, 3.8) is 0 Å². The number of hydrogen-bond donors (Lipinski definition) is 1. The largest absolute Gasteiger partial charge is 0.486 e. The average Bonchev–Trinajstić information content (AvgIpc) is 3.50. The maximum atomic E-state index is 12.4. The van der Waals surface area contributed by atoms with Crippen LogP contribution in [0, 0.1) is 0 Å². The van der Waals surface area contributed by atoms with Crippen molar-refractivity contribution >= 4 is 5.91 Å². The van der Waals surface area contributed by atoms with Crippen LogP contribution in [0.4, 0.5) is 0 Å². The van der Waals surface area contributed by atoms with Crippen molar-refractivity contribution in [2.75, 3.05) is 13.2 Å². The maximum Gasteiger partial charge on any atom is 0.251 e. The van der Waals surface area contributed by atoms with E-state index in [1.807, 2.05) is 59.4 Å². The van der Waals surface area contributed by atoms with Gasteiger partial charge in [0.2, 0.25) is 0 Å². The second-order valence-corrected chi connectivity index (χ2v) is 6.86. The van der Waals surface area contributed by atoms with Crippen LogP contribution in [0.5, 0.6) is 11.5 Å². The van der Waals surface area contributed by atoms with Crippen LogP contribution in [0.25, 0.3) is 17.0 Å². The lowest BCUT2D eigenvalue weighted by Crippen LogP contribution is -2.22. The average molecular weight is 401 g/mol. The fourth-order valence-electron chi connectivity index (χ4n) is 3.29. The third-order valence-corrected chi connectivity index (χ3v) is 4.85. The summed E-state index contributed by atoms with van der Waals surface area (Å²) in [5.41, 5.74) is 3.06. The topological polar surface area (TPSA) is 78.5 Å². The summed E-state index contributed by atoms with van der Waals surface area (Å²) in [5.74, 6) is 1.85. The zero-order valence-corrected chi connectivity index (χ0v) is 16.1. The summed E-state index contributed by atoms with van der Waals surface area (Å²) >= 11 is 0. The number of rotatable bonds is 5. The first kappa shape index (κ1) is 18.1. The number of benzene rings is 2. The summed E-state index contributed by atoms with van der Waals surface area (Å²) in [6.07, 6.45) is 3.91. The second-order valence-electron chi connectivity index (χ2n) is 6.86. The van der Waals surface area contributed by atoms with E-state index in [-0.39, 0.29) is 12.5 Å². The van der Waals surface area contributed by atoms with Crippen molar-refractivity contribution in [2.24, 2.45) is 0 Å². The van der Waals surface area contributed by atoms with Crippen LogP contribution in [0.1, 0.15) is 16.1 Å². The van der Waals surface area contributed by atoms with E-state index in [4.69, 9.17) is 14.0 Å². The summed E-state index contributed by atoms with van der Waals surface area (Å²) in [5, 5.41) is 6.92. The van der Waals surface area contributed by atoms with Crippen LogP contribution in [-0.4, -0.2) is 28.8 Å². The van der Waals surface area contributed by atoms with Gasteiger partial charge in [0.1, 0.15) is 18.9 Å². The van der Waals surface area contributed by atoms with Crippen molar-refractivity contribution in [2.45, 2.75) is 6.54 Å². The molecule has 4 aromatic rings. The van der Waals surface area contributed by atoms with Crippen molar-refractivity contribution < 1.29 is 18.8 Å². The van der Waals surface area contributed by atoms with E-state index in [2.05, 4.69) is 10.5 Å². The van der Waals surface area contributed by atoms with Gasteiger partial charge in [0, 0.05) is 35.3 Å². The molecule has 7 nitrogen and oxygen atoms in total. The molecular formula is C23H19N3O4. The Morgan fingerprint density at radius 2 is 1.73 bits per heavy atom. The number of nitrogens with one attached hydrogen (secondary N) is 1. The van der Waals surface area contributed by atoms with E-state index in [9.17, 15) is 4.79 Å². The molecule has 0 unspecified atom stereocenters. The molecule has 1 N–H and O–H groups in total. The molecule has 7 heteroatoms. The molecule has 2 aromatic heterocycles. The number of nitrogens with zero attached hydrogens (tertiary/aromatic N) is 2. The van der Waals surface area contributed by atoms with E-state index in [1.165, 1.54) is 0 Å². The molecular weight excluding hydrogens is 382 g/mol. The third kappa shape index (κ3) is 3.65. The number of amides is 1. The molecule has 1 amide bonds. The minimum Gasteiger partial charge on any atom is -0.486 e. The molecule has 0 spiro atoms. The Morgan fingerprint density at radius 1 is 0.967 bits per heavy atom. The van der Waals surface area contributed by atoms with Crippen LogP contribution in [-0.2, 0) is 6.54 Å². The van der Waals surface area contributed by atoms with Gasteiger partial charge in [-0.1, -0.05) is 5.16 Å². The number of ether oxygens (including phenoxy) is 2. The van der Waals surface area contributed by atoms with Crippen molar-refractivity contribution in [3.8, 4) is 28.5 Å². The molecule has 0 radical (unpaired) electrons.